The lowest BCUT2D eigenvalue weighted by atomic mass is 9.88. The summed E-state index contributed by atoms with van der Waals surface area (Å²) in [5, 5.41) is 4.83. The molecule has 3 rings (SSSR count). The number of aromatic nitrogens is 2. The molecule has 0 radical (unpaired) electrons. The Labute approximate surface area is 157 Å². The van der Waals surface area contributed by atoms with Crippen LogP contribution in [-0.4, -0.2) is 45.8 Å². The smallest absolute Gasteiger partial charge is 0.274 e. The van der Waals surface area contributed by atoms with Gasteiger partial charge in [0.2, 0.25) is 5.91 Å². The molecule has 1 saturated heterocycles. The topological polar surface area (TPSA) is 75.2 Å². The van der Waals surface area contributed by atoms with Crippen LogP contribution in [0.1, 0.15) is 42.2 Å². The molecule has 138 valence electrons. The molecule has 1 fully saturated rings. The number of amides is 2. The average molecular weight is 372 g/mol. The van der Waals surface area contributed by atoms with Gasteiger partial charge in [-0.1, -0.05) is 13.5 Å². The van der Waals surface area contributed by atoms with E-state index >= 15 is 0 Å². The molecule has 3 heterocycles. The van der Waals surface area contributed by atoms with E-state index < -0.39 is 0 Å². The normalized spacial score (nSPS) is 20.2. The number of carbonyl (C=O) groups excluding carboxylic acids is 2. The van der Waals surface area contributed by atoms with E-state index in [1.165, 1.54) is 23.7 Å². The lowest BCUT2D eigenvalue weighted by molar-refractivity contribution is -0.116. The van der Waals surface area contributed by atoms with E-state index in [2.05, 4.69) is 28.8 Å². The number of nitrogens with one attached hydrogen (secondary N) is 1. The summed E-state index contributed by atoms with van der Waals surface area (Å²) in [4.78, 5) is 35.2. The zero-order chi connectivity index (χ0) is 18.7. The summed E-state index contributed by atoms with van der Waals surface area (Å²) in [5.41, 5.74) is 2.41. The first-order valence-electron chi connectivity index (χ1n) is 8.93. The Morgan fingerprint density at radius 2 is 2.27 bits per heavy atom. The predicted octanol–water partition coefficient (Wildman–Crippen LogP) is 2.93. The van der Waals surface area contributed by atoms with Gasteiger partial charge in [-0.3, -0.25) is 9.59 Å². The Hall–Kier alpha value is -2.28. The first-order valence-corrected chi connectivity index (χ1v) is 9.81. The molecule has 1 aliphatic heterocycles. The maximum Gasteiger partial charge on any atom is 0.274 e. The van der Waals surface area contributed by atoms with E-state index in [4.69, 9.17) is 0 Å². The molecule has 0 saturated carbocycles. The van der Waals surface area contributed by atoms with Crippen molar-refractivity contribution in [2.45, 2.75) is 39.2 Å². The summed E-state index contributed by atoms with van der Waals surface area (Å²) in [6, 6.07) is 0.0902. The van der Waals surface area contributed by atoms with E-state index in [9.17, 15) is 9.59 Å². The molecule has 7 heteroatoms. The van der Waals surface area contributed by atoms with Crippen molar-refractivity contribution in [3.05, 3.63) is 35.6 Å². The largest absolute Gasteiger partial charge is 0.352 e. The molecule has 2 aromatic rings. The summed E-state index contributed by atoms with van der Waals surface area (Å²) in [5.74, 6) is 0.166. The second kappa shape index (κ2) is 7.95. The SMILES string of the molecule is C=CC(=O)NCCC1C(C)CCCN1C(=O)c1ncnc2c(C)csc12. The zero-order valence-electron chi connectivity index (χ0n) is 15.2. The molecule has 0 bridgehead atoms. The Balaban J connectivity index is 1.82. The Bertz CT molecular complexity index is 832. The van der Waals surface area contributed by atoms with E-state index in [-0.39, 0.29) is 17.9 Å². The summed E-state index contributed by atoms with van der Waals surface area (Å²) in [7, 11) is 0. The van der Waals surface area contributed by atoms with Crippen molar-refractivity contribution < 1.29 is 9.59 Å². The number of hydrogen-bond acceptors (Lipinski definition) is 5. The van der Waals surface area contributed by atoms with Crippen molar-refractivity contribution >= 4 is 33.4 Å². The Morgan fingerprint density at radius 3 is 3.04 bits per heavy atom. The maximum atomic E-state index is 13.3. The minimum Gasteiger partial charge on any atom is -0.352 e. The van der Waals surface area contributed by atoms with Crippen LogP contribution < -0.4 is 5.32 Å². The quantitative estimate of drug-likeness (QED) is 0.819. The molecule has 0 spiro atoms. The first kappa shape index (κ1) is 18.5. The lowest BCUT2D eigenvalue weighted by Gasteiger charge is -2.40. The first-order chi connectivity index (χ1) is 12.5. The maximum absolute atomic E-state index is 13.3. The molecular weight excluding hydrogens is 348 g/mol. The van der Waals surface area contributed by atoms with Crippen molar-refractivity contribution in [3.63, 3.8) is 0 Å². The van der Waals surface area contributed by atoms with Crippen LogP contribution in [0.15, 0.2) is 24.4 Å². The van der Waals surface area contributed by atoms with Gasteiger partial charge in [0.1, 0.15) is 12.0 Å². The molecule has 6 nitrogen and oxygen atoms in total. The number of aryl methyl sites for hydroxylation is 1. The van der Waals surface area contributed by atoms with Crippen LogP contribution in [0.25, 0.3) is 10.2 Å². The van der Waals surface area contributed by atoms with E-state index in [1.807, 2.05) is 17.2 Å². The minimum absolute atomic E-state index is 0.0363. The summed E-state index contributed by atoms with van der Waals surface area (Å²) in [6.07, 6.45) is 5.54. The van der Waals surface area contributed by atoms with E-state index in [1.54, 1.807) is 0 Å². The van der Waals surface area contributed by atoms with Crippen LogP contribution in [-0.2, 0) is 4.79 Å². The fraction of sp³-hybridized carbons (Fsp3) is 0.474. The van der Waals surface area contributed by atoms with Gasteiger partial charge < -0.3 is 10.2 Å². The van der Waals surface area contributed by atoms with Crippen LogP contribution in [0.4, 0.5) is 0 Å². The van der Waals surface area contributed by atoms with Gasteiger partial charge in [0.05, 0.1) is 10.2 Å². The van der Waals surface area contributed by atoms with Gasteiger partial charge in [0.15, 0.2) is 0 Å². The van der Waals surface area contributed by atoms with Gasteiger partial charge in [0.25, 0.3) is 5.91 Å². The van der Waals surface area contributed by atoms with Gasteiger partial charge >= 0.3 is 0 Å². The van der Waals surface area contributed by atoms with Gasteiger partial charge in [-0.25, -0.2) is 9.97 Å². The number of likely N-dealkylation sites (tertiary alicyclic amines) is 1. The molecule has 1 aliphatic rings. The third-order valence-electron chi connectivity index (χ3n) is 5.03. The molecule has 26 heavy (non-hydrogen) atoms. The van der Waals surface area contributed by atoms with Crippen LogP contribution in [0, 0.1) is 12.8 Å². The predicted molar refractivity (Wildman–Crippen MR) is 103 cm³/mol. The van der Waals surface area contributed by atoms with Gasteiger partial charge in [-0.15, -0.1) is 11.3 Å². The number of rotatable bonds is 5. The van der Waals surface area contributed by atoms with Crippen molar-refractivity contribution in [1.82, 2.24) is 20.2 Å². The summed E-state index contributed by atoms with van der Waals surface area (Å²) < 4.78 is 0.854. The number of carbonyl (C=O) groups is 2. The highest BCUT2D eigenvalue weighted by Gasteiger charge is 2.33. The fourth-order valence-electron chi connectivity index (χ4n) is 3.61. The number of nitrogens with zero attached hydrogens (tertiary/aromatic N) is 3. The highest BCUT2D eigenvalue weighted by molar-refractivity contribution is 7.17. The second-order valence-corrected chi connectivity index (χ2v) is 7.67. The molecule has 0 aromatic carbocycles. The zero-order valence-corrected chi connectivity index (χ0v) is 16.0. The average Bonchev–Trinajstić information content (AvgIpc) is 3.03. The van der Waals surface area contributed by atoms with Crippen LogP contribution in [0.2, 0.25) is 0 Å². The highest BCUT2D eigenvalue weighted by Crippen LogP contribution is 2.30. The summed E-state index contributed by atoms with van der Waals surface area (Å²) in [6.45, 7) is 8.88. The van der Waals surface area contributed by atoms with Crippen LogP contribution >= 0.6 is 11.3 Å². The molecule has 2 aromatic heterocycles. The molecule has 2 unspecified atom stereocenters. The third kappa shape index (κ3) is 3.62. The highest BCUT2D eigenvalue weighted by atomic mass is 32.1. The van der Waals surface area contributed by atoms with Crippen LogP contribution in [0.3, 0.4) is 0 Å². The van der Waals surface area contributed by atoms with Crippen molar-refractivity contribution in [1.29, 1.82) is 0 Å². The molecule has 0 aliphatic carbocycles. The molecule has 1 N–H and O–H groups in total. The van der Waals surface area contributed by atoms with Crippen molar-refractivity contribution in [3.8, 4) is 0 Å². The summed E-state index contributed by atoms with van der Waals surface area (Å²) >= 11 is 1.52. The van der Waals surface area contributed by atoms with Crippen molar-refractivity contribution in [2.24, 2.45) is 5.92 Å². The molecule has 2 atom stereocenters. The third-order valence-corrected chi connectivity index (χ3v) is 6.13. The molecule has 2 amide bonds. The number of hydrogen-bond donors (Lipinski definition) is 1. The number of thiophene rings is 1. The lowest BCUT2D eigenvalue weighted by Crippen LogP contribution is -2.49. The van der Waals surface area contributed by atoms with Gasteiger partial charge in [-0.2, -0.15) is 0 Å². The van der Waals surface area contributed by atoms with Crippen LogP contribution in [0.5, 0.6) is 0 Å². The fourth-order valence-corrected chi connectivity index (χ4v) is 4.60. The second-order valence-electron chi connectivity index (χ2n) is 6.79. The minimum atomic E-state index is -0.182. The number of fused-ring (bicyclic) bond motifs is 1. The van der Waals surface area contributed by atoms with Crippen molar-refractivity contribution in [2.75, 3.05) is 13.1 Å². The van der Waals surface area contributed by atoms with Gasteiger partial charge in [0, 0.05) is 19.1 Å². The Kier molecular flexibility index (Phi) is 5.66. The van der Waals surface area contributed by atoms with E-state index in [0.717, 1.165) is 41.6 Å². The standard InChI is InChI=1S/C19H24N4O2S/c1-4-15(24)20-8-7-14-12(2)6-5-9-23(14)19(25)17-18-16(21-11-22-17)13(3)10-26-18/h4,10-12,14H,1,5-9H2,2-3H3,(H,20,24). The monoisotopic (exact) mass is 372 g/mol. The Morgan fingerprint density at radius 1 is 1.46 bits per heavy atom. The molecular formula is C19H24N4O2S. The van der Waals surface area contributed by atoms with Gasteiger partial charge in [-0.05, 0) is 49.1 Å². The van der Waals surface area contributed by atoms with E-state index in [0.29, 0.717) is 18.2 Å². The number of piperidine rings is 1.